The van der Waals surface area contributed by atoms with Gasteiger partial charge in [0.25, 0.3) is 5.56 Å². The third-order valence-electron chi connectivity index (χ3n) is 5.07. The van der Waals surface area contributed by atoms with Crippen LogP contribution in [-0.2, 0) is 9.53 Å². The normalized spacial score (nSPS) is 15.9. The number of esters is 1. The first kappa shape index (κ1) is 22.0. The van der Waals surface area contributed by atoms with Gasteiger partial charge >= 0.3 is 5.97 Å². The number of benzene rings is 1. The second kappa shape index (κ2) is 9.13. The largest absolute Gasteiger partial charge is 0.497 e. The van der Waals surface area contributed by atoms with Crippen molar-refractivity contribution in [3.63, 3.8) is 0 Å². The molecule has 1 aliphatic rings. The minimum absolute atomic E-state index is 0.213. The summed E-state index contributed by atoms with van der Waals surface area (Å²) in [5.41, 5.74) is 1.24. The van der Waals surface area contributed by atoms with Gasteiger partial charge in [-0.3, -0.25) is 9.36 Å². The molecule has 0 N–H and O–H groups in total. The summed E-state index contributed by atoms with van der Waals surface area (Å²) in [7, 11) is 3.11. The third-order valence-corrected chi connectivity index (χ3v) is 6.87. The highest BCUT2D eigenvalue weighted by atomic mass is 32.1. The first-order valence-corrected chi connectivity index (χ1v) is 11.6. The summed E-state index contributed by atoms with van der Waals surface area (Å²) in [5, 5.41) is 1.96. The smallest absolute Gasteiger partial charge is 0.338 e. The van der Waals surface area contributed by atoms with Gasteiger partial charge in [-0.1, -0.05) is 17.4 Å². The number of ether oxygens (including phenoxy) is 3. The molecule has 0 aliphatic carbocycles. The van der Waals surface area contributed by atoms with Crippen LogP contribution in [0, 0.1) is 0 Å². The van der Waals surface area contributed by atoms with E-state index in [1.54, 1.807) is 62.2 Å². The van der Waals surface area contributed by atoms with Crippen LogP contribution >= 0.6 is 22.7 Å². The van der Waals surface area contributed by atoms with E-state index in [1.165, 1.54) is 11.3 Å². The summed E-state index contributed by atoms with van der Waals surface area (Å²) in [6.07, 6.45) is 1.85. The van der Waals surface area contributed by atoms with E-state index >= 15 is 0 Å². The van der Waals surface area contributed by atoms with Crippen LogP contribution in [0.5, 0.6) is 11.5 Å². The van der Waals surface area contributed by atoms with Gasteiger partial charge in [0, 0.05) is 16.5 Å². The zero-order valence-electron chi connectivity index (χ0n) is 18.1. The van der Waals surface area contributed by atoms with Crippen LogP contribution in [0.4, 0.5) is 0 Å². The van der Waals surface area contributed by atoms with Crippen LogP contribution < -0.4 is 24.4 Å². The molecular formula is C23H22N2O5S2. The van der Waals surface area contributed by atoms with Crippen LogP contribution in [0.1, 0.15) is 30.3 Å². The van der Waals surface area contributed by atoms with Crippen LogP contribution in [0.3, 0.4) is 0 Å². The van der Waals surface area contributed by atoms with Crippen molar-refractivity contribution in [2.24, 2.45) is 4.99 Å². The summed E-state index contributed by atoms with van der Waals surface area (Å²) in [4.78, 5) is 32.6. The van der Waals surface area contributed by atoms with Crippen molar-refractivity contribution in [1.29, 1.82) is 0 Å². The molecule has 1 aliphatic heterocycles. The molecule has 7 nitrogen and oxygen atoms in total. The summed E-state index contributed by atoms with van der Waals surface area (Å²) in [6.45, 7) is 3.71. The molecule has 0 amide bonds. The maximum Gasteiger partial charge on any atom is 0.338 e. The van der Waals surface area contributed by atoms with Crippen molar-refractivity contribution in [1.82, 2.24) is 4.57 Å². The zero-order chi connectivity index (χ0) is 22.8. The first-order valence-electron chi connectivity index (χ1n) is 9.93. The molecular weight excluding hydrogens is 448 g/mol. The molecule has 9 heteroatoms. The van der Waals surface area contributed by atoms with E-state index < -0.39 is 12.0 Å². The van der Waals surface area contributed by atoms with Gasteiger partial charge in [-0.05, 0) is 43.5 Å². The van der Waals surface area contributed by atoms with Crippen molar-refractivity contribution in [2.75, 3.05) is 20.8 Å². The lowest BCUT2D eigenvalue weighted by Crippen LogP contribution is -2.40. The second-order valence-electron chi connectivity index (χ2n) is 6.93. The van der Waals surface area contributed by atoms with Gasteiger partial charge in [-0.25, -0.2) is 9.79 Å². The third kappa shape index (κ3) is 3.89. The highest BCUT2D eigenvalue weighted by Crippen LogP contribution is 2.37. The summed E-state index contributed by atoms with van der Waals surface area (Å²) in [5.74, 6) is 0.594. The number of thiazole rings is 1. The van der Waals surface area contributed by atoms with E-state index in [0.717, 1.165) is 4.88 Å². The van der Waals surface area contributed by atoms with E-state index in [0.29, 0.717) is 37.7 Å². The number of hydrogen-bond acceptors (Lipinski definition) is 8. The van der Waals surface area contributed by atoms with E-state index in [2.05, 4.69) is 4.99 Å². The molecule has 1 aromatic carbocycles. The van der Waals surface area contributed by atoms with Gasteiger partial charge in [0.15, 0.2) is 4.80 Å². The van der Waals surface area contributed by atoms with Gasteiger partial charge in [-0.15, -0.1) is 11.3 Å². The van der Waals surface area contributed by atoms with Crippen molar-refractivity contribution in [3.05, 3.63) is 77.1 Å². The molecule has 0 saturated heterocycles. The Hall–Kier alpha value is -3.17. The predicted octanol–water partition coefficient (Wildman–Crippen LogP) is 2.88. The van der Waals surface area contributed by atoms with E-state index in [4.69, 9.17) is 14.2 Å². The number of allylic oxidation sites excluding steroid dienone is 1. The highest BCUT2D eigenvalue weighted by molar-refractivity contribution is 7.11. The van der Waals surface area contributed by atoms with Crippen molar-refractivity contribution < 1.29 is 19.0 Å². The summed E-state index contributed by atoms with van der Waals surface area (Å²) < 4.78 is 18.3. The molecule has 1 atom stereocenters. The lowest BCUT2D eigenvalue weighted by Gasteiger charge is -2.26. The van der Waals surface area contributed by atoms with Crippen LogP contribution in [0.15, 0.2) is 56.8 Å². The summed E-state index contributed by atoms with van der Waals surface area (Å²) in [6, 6.07) is 8.45. The van der Waals surface area contributed by atoms with Gasteiger partial charge in [0.2, 0.25) is 0 Å². The maximum atomic E-state index is 13.5. The summed E-state index contributed by atoms with van der Waals surface area (Å²) >= 11 is 2.84. The van der Waals surface area contributed by atoms with Crippen LogP contribution in [0.25, 0.3) is 6.08 Å². The number of aromatic nitrogens is 1. The van der Waals surface area contributed by atoms with Gasteiger partial charge in [-0.2, -0.15) is 0 Å². The fourth-order valence-corrected chi connectivity index (χ4v) is 5.40. The van der Waals surface area contributed by atoms with Gasteiger partial charge < -0.3 is 14.2 Å². The second-order valence-corrected chi connectivity index (χ2v) is 8.91. The molecule has 3 heterocycles. The average Bonchev–Trinajstić information content (AvgIpc) is 3.40. The molecule has 0 radical (unpaired) electrons. The Morgan fingerprint density at radius 3 is 2.72 bits per heavy atom. The highest BCUT2D eigenvalue weighted by Gasteiger charge is 2.35. The molecule has 32 heavy (non-hydrogen) atoms. The molecule has 0 spiro atoms. The van der Waals surface area contributed by atoms with E-state index in [1.807, 2.05) is 23.6 Å². The first-order chi connectivity index (χ1) is 15.5. The minimum atomic E-state index is -0.739. The number of carbonyl (C=O) groups excluding carboxylic acids is 1. The number of thiophene rings is 1. The van der Waals surface area contributed by atoms with Crippen molar-refractivity contribution in [3.8, 4) is 11.5 Å². The number of rotatable bonds is 6. The SMILES string of the molecule is CCOC(=O)C1=C(C)N=c2s/c(=C\c3cccs3)c(=O)n2C1c1ccc(OC)cc1OC. The van der Waals surface area contributed by atoms with E-state index in [-0.39, 0.29) is 12.2 Å². The molecule has 0 fully saturated rings. The molecule has 3 aromatic rings. The molecule has 0 bridgehead atoms. The van der Waals surface area contributed by atoms with Crippen LogP contribution in [0.2, 0.25) is 0 Å². The van der Waals surface area contributed by atoms with Gasteiger partial charge in [0.05, 0.1) is 36.6 Å². The lowest BCUT2D eigenvalue weighted by atomic mass is 9.95. The Labute approximate surface area is 192 Å². The lowest BCUT2D eigenvalue weighted by molar-refractivity contribution is -0.139. The Morgan fingerprint density at radius 1 is 1.25 bits per heavy atom. The minimum Gasteiger partial charge on any atom is -0.497 e. The average molecular weight is 471 g/mol. The molecule has 2 aromatic heterocycles. The Morgan fingerprint density at radius 2 is 2.06 bits per heavy atom. The standard InChI is InChI=1S/C23H22N2O5S2/c1-5-30-22(27)19-13(2)24-23-25(21(26)18(32-23)12-15-7-6-10-31-15)20(19)16-9-8-14(28-3)11-17(16)29-4/h6-12,20H,5H2,1-4H3/b18-12-. The molecule has 166 valence electrons. The topological polar surface area (TPSA) is 79.1 Å². The van der Waals surface area contributed by atoms with Crippen molar-refractivity contribution >= 4 is 34.7 Å². The quantitative estimate of drug-likeness (QED) is 0.518. The van der Waals surface area contributed by atoms with Crippen LogP contribution in [-0.4, -0.2) is 31.4 Å². The molecule has 0 saturated carbocycles. The van der Waals surface area contributed by atoms with Gasteiger partial charge in [0.1, 0.15) is 17.5 Å². The van der Waals surface area contributed by atoms with E-state index in [9.17, 15) is 9.59 Å². The van der Waals surface area contributed by atoms with Crippen molar-refractivity contribution in [2.45, 2.75) is 19.9 Å². The zero-order valence-corrected chi connectivity index (χ0v) is 19.7. The number of nitrogens with zero attached hydrogens (tertiary/aromatic N) is 2. The maximum absolute atomic E-state index is 13.5. The monoisotopic (exact) mass is 470 g/mol. The number of carbonyl (C=O) groups is 1. The Kier molecular flexibility index (Phi) is 6.29. The number of hydrogen-bond donors (Lipinski definition) is 0. The fraction of sp³-hybridized carbons (Fsp3) is 0.261. The Bertz CT molecular complexity index is 1370. The number of methoxy groups -OCH3 is 2. The predicted molar refractivity (Wildman–Crippen MR) is 124 cm³/mol. The molecule has 1 unspecified atom stereocenters. The molecule has 4 rings (SSSR count). The number of fused-ring (bicyclic) bond motifs is 1. The fourth-order valence-electron chi connectivity index (χ4n) is 3.63. The Balaban J connectivity index is 2.01.